The van der Waals surface area contributed by atoms with Gasteiger partial charge < -0.3 is 5.32 Å². The van der Waals surface area contributed by atoms with Crippen molar-refractivity contribution in [2.24, 2.45) is 0 Å². The maximum Gasteiger partial charge on any atom is 0.0710 e. The molecule has 5 nitrogen and oxygen atoms in total. The van der Waals surface area contributed by atoms with Crippen molar-refractivity contribution < 1.29 is 0 Å². The van der Waals surface area contributed by atoms with Gasteiger partial charge in [0.2, 0.25) is 0 Å². The molecular formula is C16H17N5. The van der Waals surface area contributed by atoms with Crippen LogP contribution < -0.4 is 5.32 Å². The molecule has 3 heterocycles. The summed E-state index contributed by atoms with van der Waals surface area (Å²) in [5.41, 5.74) is 4.40. The Morgan fingerprint density at radius 3 is 2.71 bits per heavy atom. The summed E-state index contributed by atoms with van der Waals surface area (Å²) < 4.78 is 0. The fourth-order valence-corrected chi connectivity index (χ4v) is 2.24. The number of hydrogen-bond acceptors (Lipinski definition) is 4. The van der Waals surface area contributed by atoms with Crippen molar-refractivity contribution in [1.29, 1.82) is 0 Å². The van der Waals surface area contributed by atoms with Crippen LogP contribution in [0.3, 0.4) is 0 Å². The van der Waals surface area contributed by atoms with Crippen LogP contribution in [-0.4, -0.2) is 20.2 Å². The van der Waals surface area contributed by atoms with Gasteiger partial charge in [-0.2, -0.15) is 5.10 Å². The number of nitrogens with one attached hydrogen (secondary N) is 2. The molecule has 2 N–H and O–H groups in total. The van der Waals surface area contributed by atoms with Crippen LogP contribution in [0.25, 0.3) is 11.3 Å². The Balaban J connectivity index is 1.71. The van der Waals surface area contributed by atoms with Gasteiger partial charge in [-0.25, -0.2) is 0 Å². The van der Waals surface area contributed by atoms with Gasteiger partial charge in [-0.1, -0.05) is 0 Å². The summed E-state index contributed by atoms with van der Waals surface area (Å²) in [4.78, 5) is 8.19. The van der Waals surface area contributed by atoms with E-state index in [9.17, 15) is 0 Å². The molecule has 0 saturated carbocycles. The average molecular weight is 279 g/mol. The second-order valence-corrected chi connectivity index (χ2v) is 4.90. The second kappa shape index (κ2) is 6.28. The quantitative estimate of drug-likeness (QED) is 0.753. The van der Waals surface area contributed by atoms with E-state index in [4.69, 9.17) is 0 Å². The number of nitrogens with zero attached hydrogens (tertiary/aromatic N) is 3. The molecule has 5 heteroatoms. The van der Waals surface area contributed by atoms with E-state index >= 15 is 0 Å². The van der Waals surface area contributed by atoms with Gasteiger partial charge in [0.1, 0.15) is 0 Å². The van der Waals surface area contributed by atoms with Crippen LogP contribution in [0.5, 0.6) is 0 Å². The van der Waals surface area contributed by atoms with E-state index in [1.165, 1.54) is 5.56 Å². The maximum absolute atomic E-state index is 4.15. The van der Waals surface area contributed by atoms with Crippen LogP contribution in [0.4, 0.5) is 0 Å². The Bertz CT molecular complexity index is 678. The molecule has 0 aliphatic rings. The zero-order valence-electron chi connectivity index (χ0n) is 11.8. The third kappa shape index (κ3) is 3.14. The summed E-state index contributed by atoms with van der Waals surface area (Å²) >= 11 is 0. The van der Waals surface area contributed by atoms with Crippen LogP contribution in [0.1, 0.15) is 24.1 Å². The lowest BCUT2D eigenvalue weighted by molar-refractivity contribution is 0.575. The van der Waals surface area contributed by atoms with Crippen molar-refractivity contribution in [2.75, 3.05) is 0 Å². The molecule has 0 unspecified atom stereocenters. The van der Waals surface area contributed by atoms with Gasteiger partial charge >= 0.3 is 0 Å². The number of hydrogen-bond donors (Lipinski definition) is 2. The minimum Gasteiger partial charge on any atom is -0.306 e. The number of rotatable bonds is 5. The molecule has 21 heavy (non-hydrogen) atoms. The molecule has 1 atom stereocenters. The van der Waals surface area contributed by atoms with E-state index in [1.54, 1.807) is 6.20 Å². The Kier molecular flexibility index (Phi) is 4.02. The molecule has 3 rings (SSSR count). The summed E-state index contributed by atoms with van der Waals surface area (Å²) in [6.45, 7) is 2.88. The Hall–Kier alpha value is -2.53. The zero-order valence-corrected chi connectivity index (χ0v) is 11.8. The normalized spacial score (nSPS) is 12.2. The van der Waals surface area contributed by atoms with Crippen molar-refractivity contribution in [3.05, 3.63) is 66.4 Å². The van der Waals surface area contributed by atoms with Crippen molar-refractivity contribution in [1.82, 2.24) is 25.5 Å². The number of aromatic amines is 1. The fourth-order valence-electron chi connectivity index (χ4n) is 2.24. The SMILES string of the molecule is C[C@@H](NCc1cn[nH]c1-c1cccnc1)c1ccncc1. The first kappa shape index (κ1) is 13.5. The van der Waals surface area contributed by atoms with Crippen LogP contribution in [0.2, 0.25) is 0 Å². The highest BCUT2D eigenvalue weighted by Crippen LogP contribution is 2.20. The number of aromatic nitrogens is 4. The van der Waals surface area contributed by atoms with Crippen LogP contribution in [0, 0.1) is 0 Å². The van der Waals surface area contributed by atoms with Crippen molar-refractivity contribution in [3.8, 4) is 11.3 Å². The highest BCUT2D eigenvalue weighted by molar-refractivity contribution is 5.61. The summed E-state index contributed by atoms with van der Waals surface area (Å²) in [6.07, 6.45) is 9.08. The topological polar surface area (TPSA) is 66.5 Å². The van der Waals surface area contributed by atoms with Crippen LogP contribution in [-0.2, 0) is 6.54 Å². The highest BCUT2D eigenvalue weighted by atomic mass is 15.1. The standard InChI is InChI=1S/C16H17N5/c1-12(13-4-7-17-8-5-13)19-10-15-11-20-21-16(15)14-3-2-6-18-9-14/h2-9,11-12,19H,10H2,1H3,(H,20,21)/t12-/m1/s1. The lowest BCUT2D eigenvalue weighted by Crippen LogP contribution is -2.18. The molecule has 3 aromatic rings. The van der Waals surface area contributed by atoms with Gasteiger partial charge in [0, 0.05) is 48.5 Å². The molecule has 0 saturated heterocycles. The average Bonchev–Trinajstić information content (AvgIpc) is 3.03. The predicted molar refractivity (Wildman–Crippen MR) is 81.3 cm³/mol. The van der Waals surface area contributed by atoms with Crippen LogP contribution >= 0.6 is 0 Å². The molecule has 0 fully saturated rings. The molecule has 106 valence electrons. The third-order valence-corrected chi connectivity index (χ3v) is 3.47. The molecule has 0 aliphatic heterocycles. The highest BCUT2D eigenvalue weighted by Gasteiger charge is 2.10. The van der Waals surface area contributed by atoms with Crippen LogP contribution in [0.15, 0.2) is 55.2 Å². The first-order valence-corrected chi connectivity index (χ1v) is 6.90. The van der Waals surface area contributed by atoms with E-state index < -0.39 is 0 Å². The molecule has 0 spiro atoms. The van der Waals surface area contributed by atoms with E-state index in [0.29, 0.717) is 0 Å². The Morgan fingerprint density at radius 2 is 1.95 bits per heavy atom. The van der Waals surface area contributed by atoms with Gasteiger partial charge in [-0.3, -0.25) is 15.1 Å². The number of H-pyrrole nitrogens is 1. The van der Waals surface area contributed by atoms with Crippen molar-refractivity contribution in [2.45, 2.75) is 19.5 Å². The molecule has 0 aromatic carbocycles. The smallest absolute Gasteiger partial charge is 0.0710 e. The predicted octanol–water partition coefficient (Wildman–Crippen LogP) is 2.72. The minimum absolute atomic E-state index is 0.254. The monoisotopic (exact) mass is 279 g/mol. The van der Waals surface area contributed by atoms with Gasteiger partial charge in [-0.05, 0) is 36.8 Å². The third-order valence-electron chi connectivity index (χ3n) is 3.47. The van der Waals surface area contributed by atoms with E-state index in [-0.39, 0.29) is 6.04 Å². The van der Waals surface area contributed by atoms with Crippen molar-refractivity contribution in [3.63, 3.8) is 0 Å². The second-order valence-electron chi connectivity index (χ2n) is 4.90. The van der Waals surface area contributed by atoms with Gasteiger partial charge in [0.05, 0.1) is 11.9 Å². The maximum atomic E-state index is 4.15. The summed E-state index contributed by atoms with van der Waals surface area (Å²) in [5, 5.41) is 10.7. The molecule has 3 aromatic heterocycles. The Labute approximate surface area is 123 Å². The largest absolute Gasteiger partial charge is 0.306 e. The lowest BCUT2D eigenvalue weighted by Gasteiger charge is -2.14. The summed E-state index contributed by atoms with van der Waals surface area (Å²) in [7, 11) is 0. The lowest BCUT2D eigenvalue weighted by atomic mass is 10.1. The number of pyridine rings is 2. The van der Waals surface area contributed by atoms with Gasteiger partial charge in [0.15, 0.2) is 0 Å². The van der Waals surface area contributed by atoms with Crippen molar-refractivity contribution >= 4 is 0 Å². The van der Waals surface area contributed by atoms with E-state index in [1.807, 2.05) is 49.1 Å². The fraction of sp³-hybridized carbons (Fsp3) is 0.188. The molecular weight excluding hydrogens is 262 g/mol. The Morgan fingerprint density at radius 1 is 1.10 bits per heavy atom. The minimum atomic E-state index is 0.254. The summed E-state index contributed by atoms with van der Waals surface area (Å²) in [5.74, 6) is 0. The molecule has 0 aliphatic carbocycles. The van der Waals surface area contributed by atoms with E-state index in [2.05, 4.69) is 32.4 Å². The van der Waals surface area contributed by atoms with Gasteiger partial charge in [-0.15, -0.1) is 0 Å². The van der Waals surface area contributed by atoms with Gasteiger partial charge in [0.25, 0.3) is 0 Å². The summed E-state index contributed by atoms with van der Waals surface area (Å²) in [6, 6.07) is 8.25. The zero-order chi connectivity index (χ0) is 14.5. The molecule has 0 amide bonds. The first-order chi connectivity index (χ1) is 10.3. The molecule has 0 bridgehead atoms. The first-order valence-electron chi connectivity index (χ1n) is 6.90. The molecule has 0 radical (unpaired) electrons. The van der Waals surface area contributed by atoms with E-state index in [0.717, 1.165) is 23.4 Å².